The molecule has 488 valence electrons. The largest absolute Gasteiger partial charge is 0.386 e. The first-order valence-electron chi connectivity index (χ1n) is 31.8. The summed E-state index contributed by atoms with van der Waals surface area (Å²) in [6.45, 7) is 44.0. The molecule has 2 aromatic rings. The van der Waals surface area contributed by atoms with Crippen LogP contribution in [0.5, 0.6) is 0 Å². The molecule has 4 saturated carbocycles. The molecule has 1 unspecified atom stereocenters. The highest BCUT2D eigenvalue weighted by molar-refractivity contribution is 5.00. The molecule has 4 heterocycles. The zero-order valence-electron chi connectivity index (χ0n) is 58.8. The van der Waals surface area contributed by atoms with E-state index >= 15 is 0 Å². The normalized spacial score (nSPS) is 18.1. The Morgan fingerprint density at radius 2 is 0.951 bits per heavy atom. The SMILES string of the molecule is CC(C)(C)C1CC1.CC(C)C.CC(F)(F)F.CC1CCCC1.CCC(C)C.CNC(C)(C)C.CNC(C)C.CNC1CC1.CNC1CCCC1.CNC1CCN(C)C1.CNC1CCN(C)CC1.Cc1cc(C)on1.Cc1ccn(C)n1. The van der Waals surface area contributed by atoms with Crippen molar-refractivity contribution in [2.45, 2.75) is 276 Å². The number of aryl methyl sites for hydroxylation is 4. The number of halogens is 3. The first-order valence-corrected chi connectivity index (χ1v) is 31.8. The quantitative estimate of drug-likeness (QED) is 0.166. The van der Waals surface area contributed by atoms with Crippen molar-refractivity contribution >= 4 is 0 Å². The second-order valence-corrected chi connectivity index (χ2v) is 26.7. The van der Waals surface area contributed by atoms with Gasteiger partial charge >= 0.3 is 6.18 Å². The summed E-state index contributed by atoms with van der Waals surface area (Å²) >= 11 is 0. The van der Waals surface area contributed by atoms with Crippen LogP contribution >= 0.6 is 0 Å². The third-order valence-corrected chi connectivity index (χ3v) is 13.9. The average Bonchev–Trinajstić information content (AvgIpc) is 4.11. The fourth-order valence-electron chi connectivity index (χ4n) is 7.16. The van der Waals surface area contributed by atoms with Gasteiger partial charge in [-0.1, -0.05) is 133 Å². The van der Waals surface area contributed by atoms with Crippen LogP contribution in [0.25, 0.3) is 0 Å². The van der Waals surface area contributed by atoms with E-state index in [1.165, 1.54) is 129 Å². The lowest BCUT2D eigenvalue weighted by Crippen LogP contribution is -2.39. The lowest BCUT2D eigenvalue weighted by molar-refractivity contribution is -0.110. The van der Waals surface area contributed by atoms with Gasteiger partial charge in [0.2, 0.25) is 0 Å². The van der Waals surface area contributed by atoms with Crippen LogP contribution in [0.2, 0.25) is 0 Å². The molecule has 2 aliphatic heterocycles. The van der Waals surface area contributed by atoms with Crippen LogP contribution in [0, 0.1) is 49.9 Å². The molecule has 0 spiro atoms. The van der Waals surface area contributed by atoms with E-state index in [1.54, 1.807) is 4.68 Å². The molecular formula is C66H142F3N11O. The van der Waals surface area contributed by atoms with Gasteiger partial charge in [0.1, 0.15) is 5.76 Å². The summed E-state index contributed by atoms with van der Waals surface area (Å²) in [5, 5.41) is 26.8. The van der Waals surface area contributed by atoms with Gasteiger partial charge in [-0.05, 0) is 210 Å². The molecule has 0 radical (unpaired) electrons. The molecule has 81 heavy (non-hydrogen) atoms. The molecule has 2 saturated heterocycles. The van der Waals surface area contributed by atoms with Crippen molar-refractivity contribution in [3.05, 3.63) is 35.5 Å². The van der Waals surface area contributed by atoms with Gasteiger partial charge in [0, 0.05) is 68.5 Å². The number of rotatable bonds is 6. The molecule has 0 aromatic carbocycles. The summed E-state index contributed by atoms with van der Waals surface area (Å²) in [6, 6.07) is 7.76. The van der Waals surface area contributed by atoms with Crippen molar-refractivity contribution in [3.63, 3.8) is 0 Å². The molecule has 6 aliphatic rings. The van der Waals surface area contributed by atoms with E-state index in [0.29, 0.717) is 17.0 Å². The zero-order chi connectivity index (χ0) is 63.8. The van der Waals surface area contributed by atoms with Crippen LogP contribution in [0.15, 0.2) is 22.9 Å². The van der Waals surface area contributed by atoms with E-state index in [1.807, 2.05) is 74.3 Å². The number of aromatic nitrogens is 3. The summed E-state index contributed by atoms with van der Waals surface area (Å²) in [5.41, 5.74) is 2.92. The van der Waals surface area contributed by atoms with Crippen LogP contribution in [0.4, 0.5) is 13.2 Å². The van der Waals surface area contributed by atoms with E-state index in [2.05, 4.69) is 184 Å². The van der Waals surface area contributed by atoms with Crippen LogP contribution in [-0.2, 0) is 7.05 Å². The molecule has 6 fully saturated rings. The van der Waals surface area contributed by atoms with Crippen molar-refractivity contribution < 1.29 is 17.7 Å². The third kappa shape index (κ3) is 77.9. The Morgan fingerprint density at radius 3 is 1.09 bits per heavy atom. The Balaban J connectivity index is -0.000000259. The smallest absolute Gasteiger partial charge is 0.361 e. The second-order valence-electron chi connectivity index (χ2n) is 26.7. The van der Waals surface area contributed by atoms with Gasteiger partial charge in [-0.2, -0.15) is 18.3 Å². The Morgan fingerprint density at radius 1 is 0.593 bits per heavy atom. The molecular weight excluding hydrogens is 1020 g/mol. The minimum atomic E-state index is -4.00. The lowest BCUT2D eigenvalue weighted by atomic mass is 9.91. The van der Waals surface area contributed by atoms with E-state index in [0.717, 1.165) is 65.0 Å². The highest BCUT2D eigenvalue weighted by atomic mass is 19.4. The Hall–Kier alpha value is -2.11. The van der Waals surface area contributed by atoms with E-state index in [-0.39, 0.29) is 6.92 Å². The van der Waals surface area contributed by atoms with E-state index in [9.17, 15) is 13.2 Å². The number of likely N-dealkylation sites (tertiary alicyclic amines) is 2. The third-order valence-electron chi connectivity index (χ3n) is 13.9. The average molecular weight is 1160 g/mol. The molecule has 1 atom stereocenters. The van der Waals surface area contributed by atoms with Crippen LogP contribution < -0.4 is 31.9 Å². The van der Waals surface area contributed by atoms with Crippen molar-refractivity contribution in [2.24, 2.45) is 36.1 Å². The Labute approximate surface area is 502 Å². The number of piperidine rings is 1. The zero-order valence-corrected chi connectivity index (χ0v) is 58.8. The molecule has 12 nitrogen and oxygen atoms in total. The summed E-state index contributed by atoms with van der Waals surface area (Å²) in [5.74, 6) is 4.69. The van der Waals surface area contributed by atoms with Gasteiger partial charge in [-0.15, -0.1) is 0 Å². The van der Waals surface area contributed by atoms with Crippen molar-refractivity contribution in [3.8, 4) is 0 Å². The molecule has 0 amide bonds. The molecule has 2 aromatic heterocycles. The highest BCUT2D eigenvalue weighted by Crippen LogP contribution is 2.44. The van der Waals surface area contributed by atoms with Crippen LogP contribution in [-0.4, -0.2) is 149 Å². The monoisotopic (exact) mass is 1160 g/mol. The van der Waals surface area contributed by atoms with E-state index < -0.39 is 6.18 Å². The van der Waals surface area contributed by atoms with Gasteiger partial charge in [0.25, 0.3) is 0 Å². The number of nitrogens with zero attached hydrogens (tertiary/aromatic N) is 5. The fourth-order valence-corrected chi connectivity index (χ4v) is 7.16. The number of likely N-dealkylation sites (N-methyl/N-ethyl adjacent to an activating group) is 2. The summed E-state index contributed by atoms with van der Waals surface area (Å²) < 4.78 is 37.6. The number of alkyl halides is 3. The van der Waals surface area contributed by atoms with Gasteiger partial charge in [0.05, 0.1) is 11.4 Å². The highest BCUT2D eigenvalue weighted by Gasteiger charge is 2.33. The summed E-state index contributed by atoms with van der Waals surface area (Å²) in [7, 11) is 18.3. The maximum Gasteiger partial charge on any atom is 0.386 e. The Bertz CT molecular complexity index is 1470. The van der Waals surface area contributed by atoms with Crippen molar-refractivity contribution in [1.82, 2.24) is 56.6 Å². The van der Waals surface area contributed by atoms with E-state index in [4.69, 9.17) is 4.52 Å². The van der Waals surface area contributed by atoms with Gasteiger partial charge in [-0.3, -0.25) is 4.68 Å². The van der Waals surface area contributed by atoms with Gasteiger partial charge < -0.3 is 46.2 Å². The lowest BCUT2D eigenvalue weighted by Gasteiger charge is -2.28. The minimum Gasteiger partial charge on any atom is -0.361 e. The van der Waals surface area contributed by atoms with Crippen LogP contribution in [0.3, 0.4) is 0 Å². The topological polar surface area (TPSA) is 123 Å². The molecule has 8 rings (SSSR count). The number of hydrogen-bond donors (Lipinski definition) is 6. The van der Waals surface area contributed by atoms with Crippen molar-refractivity contribution in [2.75, 3.05) is 82.6 Å². The maximum atomic E-state index is 10.4. The Kier molecular flexibility index (Phi) is 57.8. The first-order chi connectivity index (χ1) is 37.4. The molecule has 15 heteroatoms. The molecule has 4 aliphatic carbocycles. The minimum absolute atomic E-state index is 0.188. The summed E-state index contributed by atoms with van der Waals surface area (Å²) in [6.07, 6.45) is 20.5. The molecule has 6 N–H and O–H groups in total. The van der Waals surface area contributed by atoms with Gasteiger partial charge in [-0.25, -0.2) is 0 Å². The predicted octanol–water partition coefficient (Wildman–Crippen LogP) is 15.3. The van der Waals surface area contributed by atoms with Crippen molar-refractivity contribution in [1.29, 1.82) is 0 Å². The molecule has 0 bridgehead atoms. The fraction of sp³-hybridized carbons (Fsp3) is 0.909. The first kappa shape index (κ1) is 87.7. The maximum absolute atomic E-state index is 10.4. The predicted molar refractivity (Wildman–Crippen MR) is 352 cm³/mol. The summed E-state index contributed by atoms with van der Waals surface area (Å²) in [4.78, 5) is 4.73. The number of nitrogens with one attached hydrogen (secondary N) is 6. The van der Waals surface area contributed by atoms with Crippen LogP contribution in [0.1, 0.15) is 231 Å². The second kappa shape index (κ2) is 53.4. The van der Waals surface area contributed by atoms with Gasteiger partial charge in [0.15, 0.2) is 0 Å². The number of hydrogen-bond acceptors (Lipinski definition) is 11. The standard InChI is InChI=1S/C7H16N2.C7H14.C6H14N2.C6H13N.C6H12.C5H8N2.C5H7NO.C5H13N.C5H12.C4H9N.C4H11N.C4H10.C2H3F3/c1-8-7-3-5-9(2)6-4-7;1-7(2,3)6-4-5-6;1-7-6-3-4-8(2)5-6;1-7-6-4-2-3-5-6;1-6-4-2-3-5-6;1-5-3-4-7(2)6-5;1-4-3-5(2)7-6-4;1-5(2,3)6-4;1-4-5(2)3;1-5-4-2-3-4;1-4(2)5-3;1-4(2)3;1-2(3,4)5/h7-8H,3-6H2,1-2H3;6H,4-5H2,1-3H3;6-7H,3-5H2,1-2H3;6-7H,2-5H2,1H3;6H,2-5H2,1H3;3-4H,1-2H3;3H,1-2H3;6H,1-4H3;5H,4H2,1-3H3;4-5H,2-3H2,1H3;4-5H,1-3H3;4H,1-3H3;1H3.